The molecular formula is C22H30N4O4. The van der Waals surface area contributed by atoms with Gasteiger partial charge in [0.25, 0.3) is 0 Å². The Morgan fingerprint density at radius 2 is 1.90 bits per heavy atom. The highest BCUT2D eigenvalue weighted by atomic mass is 16.5. The molecule has 1 N–H and O–H groups in total. The van der Waals surface area contributed by atoms with Gasteiger partial charge in [-0.15, -0.1) is 0 Å². The SMILES string of the molecule is COCCNC(=O)CN1CCN(C(=O)CCc2ncc(-c3ccc(C)cc3)o2)CC1. The molecule has 162 valence electrons. The van der Waals surface area contributed by atoms with Gasteiger partial charge in [0.2, 0.25) is 11.8 Å². The zero-order valence-corrected chi connectivity index (χ0v) is 17.7. The van der Waals surface area contributed by atoms with Crippen LogP contribution in [0.2, 0.25) is 0 Å². The number of hydrogen-bond acceptors (Lipinski definition) is 6. The molecule has 2 heterocycles. The average Bonchev–Trinajstić information content (AvgIpc) is 3.22. The molecule has 3 rings (SSSR count). The molecule has 1 aromatic heterocycles. The van der Waals surface area contributed by atoms with Crippen molar-refractivity contribution >= 4 is 11.8 Å². The van der Waals surface area contributed by atoms with Crippen molar-refractivity contribution in [1.29, 1.82) is 0 Å². The number of methoxy groups -OCH3 is 1. The van der Waals surface area contributed by atoms with E-state index in [-0.39, 0.29) is 11.8 Å². The lowest BCUT2D eigenvalue weighted by Gasteiger charge is -2.34. The van der Waals surface area contributed by atoms with E-state index in [9.17, 15) is 9.59 Å². The van der Waals surface area contributed by atoms with Crippen LogP contribution in [0.15, 0.2) is 34.9 Å². The minimum Gasteiger partial charge on any atom is -0.441 e. The molecule has 1 saturated heterocycles. The summed E-state index contributed by atoms with van der Waals surface area (Å²) >= 11 is 0. The number of oxazole rings is 1. The van der Waals surface area contributed by atoms with E-state index in [2.05, 4.69) is 15.2 Å². The van der Waals surface area contributed by atoms with Crippen molar-refractivity contribution in [2.45, 2.75) is 19.8 Å². The maximum absolute atomic E-state index is 12.5. The molecule has 0 unspecified atom stereocenters. The van der Waals surface area contributed by atoms with Crippen LogP contribution in [0.25, 0.3) is 11.3 Å². The summed E-state index contributed by atoms with van der Waals surface area (Å²) in [6.45, 7) is 6.06. The Kier molecular flexibility index (Phi) is 7.98. The quantitative estimate of drug-likeness (QED) is 0.626. The van der Waals surface area contributed by atoms with Crippen molar-refractivity contribution < 1.29 is 18.7 Å². The van der Waals surface area contributed by atoms with Gasteiger partial charge in [-0.05, 0) is 6.92 Å². The Labute approximate surface area is 177 Å². The lowest BCUT2D eigenvalue weighted by molar-refractivity contribution is -0.133. The number of amides is 2. The van der Waals surface area contributed by atoms with Gasteiger partial charge >= 0.3 is 0 Å². The molecule has 0 radical (unpaired) electrons. The largest absolute Gasteiger partial charge is 0.441 e. The van der Waals surface area contributed by atoms with Gasteiger partial charge in [-0.3, -0.25) is 14.5 Å². The van der Waals surface area contributed by atoms with Crippen molar-refractivity contribution in [2.24, 2.45) is 0 Å². The van der Waals surface area contributed by atoms with E-state index in [1.807, 2.05) is 36.1 Å². The van der Waals surface area contributed by atoms with Crippen molar-refractivity contribution in [3.8, 4) is 11.3 Å². The number of rotatable bonds is 9. The summed E-state index contributed by atoms with van der Waals surface area (Å²) < 4.78 is 10.7. The number of nitrogens with one attached hydrogen (secondary N) is 1. The topological polar surface area (TPSA) is 87.9 Å². The summed E-state index contributed by atoms with van der Waals surface area (Å²) in [5, 5.41) is 2.82. The van der Waals surface area contributed by atoms with Crippen molar-refractivity contribution in [1.82, 2.24) is 20.1 Å². The fourth-order valence-corrected chi connectivity index (χ4v) is 3.36. The molecule has 1 aromatic carbocycles. The van der Waals surface area contributed by atoms with Gasteiger partial charge in [0.1, 0.15) is 0 Å². The van der Waals surface area contributed by atoms with Crippen LogP contribution in [0.4, 0.5) is 0 Å². The minimum absolute atomic E-state index is 0.0138. The van der Waals surface area contributed by atoms with Crippen molar-refractivity contribution in [3.05, 3.63) is 41.9 Å². The van der Waals surface area contributed by atoms with Gasteiger partial charge in [0, 0.05) is 58.2 Å². The first-order valence-electron chi connectivity index (χ1n) is 10.3. The maximum Gasteiger partial charge on any atom is 0.234 e. The molecule has 2 aromatic rings. The molecule has 0 bridgehead atoms. The summed E-state index contributed by atoms with van der Waals surface area (Å²) in [6, 6.07) is 8.07. The van der Waals surface area contributed by atoms with Crippen LogP contribution in [0.3, 0.4) is 0 Å². The first-order valence-corrected chi connectivity index (χ1v) is 10.3. The normalized spacial score (nSPS) is 14.7. The molecule has 2 amide bonds. The van der Waals surface area contributed by atoms with E-state index in [1.165, 1.54) is 5.56 Å². The zero-order valence-electron chi connectivity index (χ0n) is 17.7. The van der Waals surface area contributed by atoms with Crippen LogP contribution in [-0.2, 0) is 20.7 Å². The van der Waals surface area contributed by atoms with Crippen LogP contribution in [0.5, 0.6) is 0 Å². The standard InChI is InChI=1S/C22H30N4O4/c1-17-3-5-18(6-4-17)19-15-24-21(30-19)7-8-22(28)26-12-10-25(11-13-26)16-20(27)23-9-14-29-2/h3-6,15H,7-14,16H2,1-2H3,(H,23,27). The van der Waals surface area contributed by atoms with Crippen molar-refractivity contribution in [3.63, 3.8) is 0 Å². The summed E-state index contributed by atoms with van der Waals surface area (Å²) in [7, 11) is 1.60. The minimum atomic E-state index is -0.0138. The third-order valence-corrected chi connectivity index (χ3v) is 5.16. The summed E-state index contributed by atoms with van der Waals surface area (Å²) in [5.41, 5.74) is 2.17. The number of carbonyl (C=O) groups excluding carboxylic acids is 2. The summed E-state index contributed by atoms with van der Waals surface area (Å²) in [4.78, 5) is 32.6. The van der Waals surface area contributed by atoms with Crippen LogP contribution >= 0.6 is 0 Å². The number of benzene rings is 1. The number of aromatic nitrogens is 1. The van der Waals surface area contributed by atoms with Crippen LogP contribution in [0, 0.1) is 6.92 Å². The molecule has 0 saturated carbocycles. The van der Waals surface area contributed by atoms with Gasteiger partial charge in [-0.25, -0.2) is 4.98 Å². The molecule has 1 fully saturated rings. The monoisotopic (exact) mass is 414 g/mol. The predicted octanol–water partition coefficient (Wildman–Crippen LogP) is 1.49. The molecule has 1 aliphatic heterocycles. The lowest BCUT2D eigenvalue weighted by atomic mass is 10.1. The van der Waals surface area contributed by atoms with E-state index in [1.54, 1.807) is 13.3 Å². The second-order valence-corrected chi connectivity index (χ2v) is 7.48. The van der Waals surface area contributed by atoms with E-state index < -0.39 is 0 Å². The smallest absolute Gasteiger partial charge is 0.234 e. The number of nitrogens with zero attached hydrogens (tertiary/aromatic N) is 3. The highest BCUT2D eigenvalue weighted by Crippen LogP contribution is 2.21. The summed E-state index contributed by atoms with van der Waals surface area (Å²) in [5.74, 6) is 1.37. The zero-order chi connectivity index (χ0) is 21.3. The van der Waals surface area contributed by atoms with Gasteiger partial charge < -0.3 is 19.4 Å². The molecule has 8 nitrogen and oxygen atoms in total. The number of piperazine rings is 1. The summed E-state index contributed by atoms with van der Waals surface area (Å²) in [6.07, 6.45) is 2.55. The molecule has 30 heavy (non-hydrogen) atoms. The first-order chi connectivity index (χ1) is 14.5. The van der Waals surface area contributed by atoms with Crippen LogP contribution < -0.4 is 5.32 Å². The average molecular weight is 415 g/mol. The van der Waals surface area contributed by atoms with Crippen LogP contribution in [0.1, 0.15) is 17.9 Å². The highest BCUT2D eigenvalue weighted by molar-refractivity contribution is 5.78. The molecule has 0 spiro atoms. The van der Waals surface area contributed by atoms with Gasteiger partial charge in [-0.1, -0.05) is 29.8 Å². The Bertz CT molecular complexity index is 826. The predicted molar refractivity (Wildman–Crippen MR) is 113 cm³/mol. The van der Waals surface area contributed by atoms with Gasteiger partial charge in [-0.2, -0.15) is 0 Å². The first kappa shape index (κ1) is 22.0. The number of ether oxygens (including phenoxy) is 1. The van der Waals surface area contributed by atoms with Crippen molar-refractivity contribution in [2.75, 3.05) is 53.0 Å². The Hall–Kier alpha value is -2.71. The molecular weight excluding hydrogens is 384 g/mol. The van der Waals surface area contributed by atoms with Crippen LogP contribution in [-0.4, -0.2) is 79.6 Å². The third-order valence-electron chi connectivity index (χ3n) is 5.16. The van der Waals surface area contributed by atoms with E-state index in [0.717, 1.165) is 11.3 Å². The lowest BCUT2D eigenvalue weighted by Crippen LogP contribution is -2.51. The second kappa shape index (κ2) is 10.9. The number of aryl methyl sites for hydroxylation is 2. The molecule has 0 atom stereocenters. The third kappa shape index (κ3) is 6.40. The Morgan fingerprint density at radius 3 is 2.60 bits per heavy atom. The van der Waals surface area contributed by atoms with E-state index in [0.29, 0.717) is 64.6 Å². The Balaban J connectivity index is 1.39. The van der Waals surface area contributed by atoms with Gasteiger partial charge in [0.15, 0.2) is 11.7 Å². The maximum atomic E-state index is 12.5. The fraction of sp³-hybridized carbons (Fsp3) is 0.500. The molecule has 8 heteroatoms. The molecule has 1 aliphatic rings. The second-order valence-electron chi connectivity index (χ2n) is 7.48. The highest BCUT2D eigenvalue weighted by Gasteiger charge is 2.22. The Morgan fingerprint density at radius 1 is 1.17 bits per heavy atom. The number of carbonyl (C=O) groups is 2. The van der Waals surface area contributed by atoms with E-state index >= 15 is 0 Å². The number of hydrogen-bond donors (Lipinski definition) is 1. The van der Waals surface area contributed by atoms with Gasteiger partial charge in [0.05, 0.1) is 19.3 Å². The fourth-order valence-electron chi connectivity index (χ4n) is 3.36. The van der Waals surface area contributed by atoms with E-state index in [4.69, 9.17) is 9.15 Å². The molecule has 0 aliphatic carbocycles.